The average molecular weight is 389 g/mol. The predicted molar refractivity (Wildman–Crippen MR) is 81.4 cm³/mol. The molecule has 19 heavy (non-hydrogen) atoms. The van der Waals surface area contributed by atoms with Crippen molar-refractivity contribution in [1.29, 1.82) is 0 Å². The predicted octanol–water partition coefficient (Wildman–Crippen LogP) is 4.97. The normalized spacial score (nSPS) is 10.9. The summed E-state index contributed by atoms with van der Waals surface area (Å²) >= 11 is 8.02. The second-order valence-corrected chi connectivity index (χ2v) is 5.55. The highest BCUT2D eigenvalue weighted by Gasteiger charge is 2.11. The van der Waals surface area contributed by atoms with E-state index in [0.717, 1.165) is 3.57 Å². The third-order valence-corrected chi connectivity index (χ3v) is 3.58. The summed E-state index contributed by atoms with van der Waals surface area (Å²) in [6, 6.07) is 4.95. The molecule has 3 aromatic rings. The Morgan fingerprint density at radius 2 is 2.11 bits per heavy atom. The molecule has 96 valence electrons. The van der Waals surface area contributed by atoms with Crippen LogP contribution in [0.4, 0.5) is 15.8 Å². The summed E-state index contributed by atoms with van der Waals surface area (Å²) in [5.41, 5.74) is 1.54. The van der Waals surface area contributed by atoms with E-state index in [1.54, 1.807) is 12.3 Å². The first-order valence-electron chi connectivity index (χ1n) is 5.38. The van der Waals surface area contributed by atoms with Gasteiger partial charge < -0.3 is 9.73 Å². The first kappa shape index (κ1) is 12.7. The zero-order valence-electron chi connectivity index (χ0n) is 9.45. The monoisotopic (exact) mass is 388 g/mol. The number of anilines is 2. The van der Waals surface area contributed by atoms with Gasteiger partial charge in [-0.1, -0.05) is 11.6 Å². The second kappa shape index (κ2) is 4.97. The maximum Gasteiger partial charge on any atom is 0.157 e. The van der Waals surface area contributed by atoms with Gasteiger partial charge in [0, 0.05) is 16.0 Å². The van der Waals surface area contributed by atoms with Crippen LogP contribution in [0.3, 0.4) is 0 Å². The lowest BCUT2D eigenvalue weighted by molar-refractivity contribution is 0.616. The van der Waals surface area contributed by atoms with Gasteiger partial charge in [0.25, 0.3) is 0 Å². The van der Waals surface area contributed by atoms with E-state index in [9.17, 15) is 4.39 Å². The van der Waals surface area contributed by atoms with Crippen LogP contribution in [0.25, 0.3) is 11.0 Å². The van der Waals surface area contributed by atoms with Crippen LogP contribution in [0.5, 0.6) is 0 Å². The van der Waals surface area contributed by atoms with E-state index in [-0.39, 0.29) is 5.82 Å². The summed E-state index contributed by atoms with van der Waals surface area (Å²) in [6.45, 7) is 0. The number of nitrogens with one attached hydrogen (secondary N) is 1. The van der Waals surface area contributed by atoms with Gasteiger partial charge in [0.15, 0.2) is 5.58 Å². The van der Waals surface area contributed by atoms with Gasteiger partial charge in [0.2, 0.25) is 0 Å². The molecule has 0 saturated carbocycles. The minimum absolute atomic E-state index is 0.323. The van der Waals surface area contributed by atoms with E-state index in [1.807, 2.05) is 6.07 Å². The number of furan rings is 1. The lowest BCUT2D eigenvalue weighted by Crippen LogP contribution is -1.93. The summed E-state index contributed by atoms with van der Waals surface area (Å²) in [5.74, 6) is -0.323. The molecule has 0 bridgehead atoms. The van der Waals surface area contributed by atoms with Crippen LogP contribution in [-0.2, 0) is 0 Å². The number of pyridine rings is 1. The van der Waals surface area contributed by atoms with E-state index in [1.165, 1.54) is 18.5 Å². The summed E-state index contributed by atoms with van der Waals surface area (Å²) in [6.07, 6.45) is 4.62. The minimum atomic E-state index is -0.323. The van der Waals surface area contributed by atoms with Crippen molar-refractivity contribution in [2.75, 3.05) is 5.32 Å². The van der Waals surface area contributed by atoms with Gasteiger partial charge in [0.1, 0.15) is 17.1 Å². The van der Waals surface area contributed by atoms with E-state index >= 15 is 0 Å². The lowest BCUT2D eigenvalue weighted by atomic mass is 10.2. The first-order chi connectivity index (χ1) is 9.15. The molecule has 1 N–H and O–H groups in total. The third kappa shape index (κ3) is 2.40. The Labute approximate surface area is 126 Å². The number of hydrogen-bond acceptors (Lipinski definition) is 3. The maximum atomic E-state index is 13.8. The fraction of sp³-hybridized carbons (Fsp3) is 0. The quantitative estimate of drug-likeness (QED) is 0.630. The molecule has 0 radical (unpaired) electrons. The fourth-order valence-corrected chi connectivity index (χ4v) is 2.40. The van der Waals surface area contributed by atoms with Crippen LogP contribution in [-0.4, -0.2) is 4.98 Å². The number of nitrogens with zero attached hydrogens (tertiary/aromatic N) is 1. The fourth-order valence-electron chi connectivity index (χ4n) is 1.75. The van der Waals surface area contributed by atoms with E-state index < -0.39 is 0 Å². The van der Waals surface area contributed by atoms with Crippen molar-refractivity contribution in [3.63, 3.8) is 0 Å². The molecule has 3 nitrogen and oxygen atoms in total. The Morgan fingerprint density at radius 3 is 2.89 bits per heavy atom. The molecule has 0 saturated heterocycles. The smallest absolute Gasteiger partial charge is 0.157 e. The van der Waals surface area contributed by atoms with Crippen molar-refractivity contribution in [1.82, 2.24) is 4.98 Å². The van der Waals surface area contributed by atoms with Crippen LogP contribution >= 0.6 is 34.2 Å². The molecule has 2 aromatic heterocycles. The van der Waals surface area contributed by atoms with Crippen molar-refractivity contribution in [2.24, 2.45) is 0 Å². The Bertz CT molecular complexity index is 759. The zero-order valence-corrected chi connectivity index (χ0v) is 12.4. The van der Waals surface area contributed by atoms with Gasteiger partial charge in [-0.2, -0.15) is 0 Å². The number of hydrogen-bond donors (Lipinski definition) is 1. The molecule has 6 heteroatoms. The molecule has 0 amide bonds. The topological polar surface area (TPSA) is 38.1 Å². The molecule has 3 rings (SSSR count). The summed E-state index contributed by atoms with van der Waals surface area (Å²) < 4.78 is 20.0. The Balaban J connectivity index is 2.04. The Kier molecular flexibility index (Phi) is 3.32. The molecule has 0 fully saturated rings. The highest BCUT2D eigenvalue weighted by atomic mass is 127. The number of aromatic nitrogens is 1. The molecule has 0 spiro atoms. The summed E-state index contributed by atoms with van der Waals surface area (Å²) in [7, 11) is 0. The van der Waals surface area contributed by atoms with E-state index in [2.05, 4.69) is 32.9 Å². The van der Waals surface area contributed by atoms with Crippen molar-refractivity contribution in [3.05, 3.63) is 51.3 Å². The van der Waals surface area contributed by atoms with Gasteiger partial charge >= 0.3 is 0 Å². The maximum absolute atomic E-state index is 13.8. The first-order valence-corrected chi connectivity index (χ1v) is 6.83. The SMILES string of the molecule is Fc1cc(I)ccc1Nc1coc2c(Cl)cncc12. The van der Waals surface area contributed by atoms with Gasteiger partial charge in [-0.25, -0.2) is 4.39 Å². The third-order valence-electron chi connectivity index (χ3n) is 2.64. The molecule has 0 aliphatic heterocycles. The number of rotatable bonds is 2. The Hall–Kier alpha value is -1.34. The zero-order chi connectivity index (χ0) is 13.4. The molecular weight excluding hydrogens is 382 g/mol. The van der Waals surface area contributed by atoms with E-state index in [4.69, 9.17) is 16.0 Å². The summed E-state index contributed by atoms with van der Waals surface area (Å²) in [4.78, 5) is 4.00. The van der Waals surface area contributed by atoms with E-state index in [0.29, 0.717) is 27.4 Å². The minimum Gasteiger partial charge on any atom is -0.460 e. The van der Waals surface area contributed by atoms with Crippen LogP contribution < -0.4 is 5.32 Å². The van der Waals surface area contributed by atoms with Crippen LogP contribution in [0.1, 0.15) is 0 Å². The molecular formula is C13H7ClFIN2O. The van der Waals surface area contributed by atoms with Crippen molar-refractivity contribution >= 4 is 56.5 Å². The number of halogens is 3. The standard InChI is InChI=1S/C13H7ClFIN2O/c14-9-5-17-4-8-12(6-19-13(8)9)18-11-2-1-7(16)3-10(11)15/h1-6,18H. The molecule has 2 heterocycles. The molecule has 0 aliphatic rings. The molecule has 0 atom stereocenters. The van der Waals surface area contributed by atoms with Crippen LogP contribution in [0.2, 0.25) is 5.02 Å². The average Bonchev–Trinajstić information content (AvgIpc) is 2.78. The van der Waals surface area contributed by atoms with Gasteiger partial charge in [0.05, 0.1) is 16.8 Å². The van der Waals surface area contributed by atoms with Crippen LogP contribution in [0, 0.1) is 9.39 Å². The van der Waals surface area contributed by atoms with Gasteiger partial charge in [-0.05, 0) is 40.8 Å². The lowest BCUT2D eigenvalue weighted by Gasteiger charge is -2.05. The Morgan fingerprint density at radius 1 is 1.26 bits per heavy atom. The van der Waals surface area contributed by atoms with Gasteiger partial charge in [-0.15, -0.1) is 0 Å². The molecule has 0 unspecified atom stereocenters. The van der Waals surface area contributed by atoms with Crippen molar-refractivity contribution < 1.29 is 8.81 Å². The molecule has 0 aliphatic carbocycles. The number of fused-ring (bicyclic) bond motifs is 1. The number of benzene rings is 1. The summed E-state index contributed by atoms with van der Waals surface area (Å²) in [5, 5.41) is 4.12. The molecule has 1 aromatic carbocycles. The largest absolute Gasteiger partial charge is 0.460 e. The van der Waals surface area contributed by atoms with Crippen molar-refractivity contribution in [2.45, 2.75) is 0 Å². The highest BCUT2D eigenvalue weighted by Crippen LogP contribution is 2.32. The highest BCUT2D eigenvalue weighted by molar-refractivity contribution is 14.1. The van der Waals surface area contributed by atoms with Crippen molar-refractivity contribution in [3.8, 4) is 0 Å². The second-order valence-electron chi connectivity index (χ2n) is 3.90. The van der Waals surface area contributed by atoms with Crippen LogP contribution in [0.15, 0.2) is 41.3 Å². The van der Waals surface area contributed by atoms with Gasteiger partial charge in [-0.3, -0.25) is 4.98 Å².